The zero-order chi connectivity index (χ0) is 21.1. The topological polar surface area (TPSA) is 93.7 Å². The van der Waals surface area contributed by atoms with Crippen LogP contribution < -0.4 is 10.5 Å². The number of piperazine rings is 1. The van der Waals surface area contributed by atoms with Crippen molar-refractivity contribution in [1.82, 2.24) is 19.6 Å². The minimum atomic E-state index is -0.524. The van der Waals surface area contributed by atoms with Crippen molar-refractivity contribution in [2.45, 2.75) is 39.8 Å². The maximum atomic E-state index is 12.8. The standard InChI is InChI=1S/C21H29N5O3.ClH/c1-14(2)19(22)20(27)24-10-11-25(16(4)13-24)21(28)29-18-12-15(3)23-26(18)17-8-6-5-7-9-17;/h5-9,12,14,16,19H,10-11,13,22H2,1-4H3;1H/t16-,19+;/m1./s1. The first-order valence-corrected chi connectivity index (χ1v) is 9.93. The second kappa shape index (κ2) is 9.95. The monoisotopic (exact) mass is 435 g/mol. The number of nitrogens with zero attached hydrogens (tertiary/aromatic N) is 4. The number of halogens is 1. The van der Waals surface area contributed by atoms with Gasteiger partial charge in [0.2, 0.25) is 11.8 Å². The first kappa shape index (κ1) is 23.7. The number of hydrogen-bond acceptors (Lipinski definition) is 5. The van der Waals surface area contributed by atoms with Crippen LogP contribution in [0, 0.1) is 12.8 Å². The van der Waals surface area contributed by atoms with Gasteiger partial charge in [-0.3, -0.25) is 4.79 Å². The Morgan fingerprint density at radius 3 is 2.47 bits per heavy atom. The summed E-state index contributed by atoms with van der Waals surface area (Å²) in [5, 5.41) is 4.42. The molecule has 1 aliphatic rings. The van der Waals surface area contributed by atoms with E-state index in [-0.39, 0.29) is 30.3 Å². The molecule has 3 rings (SSSR count). The summed E-state index contributed by atoms with van der Waals surface area (Å²) in [4.78, 5) is 28.7. The smallest absolute Gasteiger partial charge is 0.391 e. The molecule has 2 amide bonds. The van der Waals surface area contributed by atoms with Gasteiger partial charge in [-0.05, 0) is 31.9 Å². The van der Waals surface area contributed by atoms with Crippen LogP contribution >= 0.6 is 12.4 Å². The predicted molar refractivity (Wildman–Crippen MR) is 117 cm³/mol. The van der Waals surface area contributed by atoms with E-state index in [4.69, 9.17) is 10.5 Å². The molecule has 8 nitrogen and oxygen atoms in total. The van der Waals surface area contributed by atoms with E-state index >= 15 is 0 Å². The molecule has 2 heterocycles. The zero-order valence-corrected chi connectivity index (χ0v) is 18.6. The number of hydrogen-bond donors (Lipinski definition) is 1. The second-order valence-corrected chi connectivity index (χ2v) is 7.84. The number of nitrogens with two attached hydrogens (primary N) is 1. The fraction of sp³-hybridized carbons (Fsp3) is 0.476. The van der Waals surface area contributed by atoms with Crippen molar-refractivity contribution in [3.05, 3.63) is 42.1 Å². The summed E-state index contributed by atoms with van der Waals surface area (Å²) in [7, 11) is 0. The number of amides is 2. The molecular formula is C21H30ClN5O3. The van der Waals surface area contributed by atoms with Gasteiger partial charge < -0.3 is 20.3 Å². The van der Waals surface area contributed by atoms with Gasteiger partial charge in [-0.2, -0.15) is 5.10 Å². The van der Waals surface area contributed by atoms with Gasteiger partial charge in [-0.25, -0.2) is 9.48 Å². The van der Waals surface area contributed by atoms with Crippen molar-refractivity contribution in [3.8, 4) is 11.6 Å². The van der Waals surface area contributed by atoms with E-state index in [2.05, 4.69) is 5.10 Å². The summed E-state index contributed by atoms with van der Waals surface area (Å²) in [6.07, 6.45) is -0.449. The van der Waals surface area contributed by atoms with Crippen LogP contribution in [0.15, 0.2) is 36.4 Å². The number of para-hydroxylation sites is 1. The molecule has 2 N–H and O–H groups in total. The molecule has 9 heteroatoms. The molecule has 2 atom stereocenters. The highest BCUT2D eigenvalue weighted by atomic mass is 35.5. The molecule has 30 heavy (non-hydrogen) atoms. The molecule has 0 spiro atoms. The summed E-state index contributed by atoms with van der Waals surface area (Å²) in [6, 6.07) is 10.5. The highest BCUT2D eigenvalue weighted by Gasteiger charge is 2.33. The molecule has 1 fully saturated rings. The van der Waals surface area contributed by atoms with Gasteiger partial charge in [0.1, 0.15) is 0 Å². The lowest BCUT2D eigenvalue weighted by Gasteiger charge is -2.40. The summed E-state index contributed by atoms with van der Waals surface area (Å²) >= 11 is 0. The summed E-state index contributed by atoms with van der Waals surface area (Å²) in [5.74, 6) is 0.367. The van der Waals surface area contributed by atoms with Crippen LogP contribution in [0.25, 0.3) is 5.69 Å². The number of carbonyl (C=O) groups is 2. The quantitative estimate of drug-likeness (QED) is 0.796. The summed E-state index contributed by atoms with van der Waals surface area (Å²) in [5.41, 5.74) is 7.57. The third kappa shape index (κ3) is 5.12. The molecule has 2 aromatic rings. The number of rotatable bonds is 4. The van der Waals surface area contributed by atoms with Gasteiger partial charge in [-0.15, -0.1) is 12.4 Å². The lowest BCUT2D eigenvalue weighted by Crippen LogP contribution is -2.59. The van der Waals surface area contributed by atoms with Gasteiger partial charge in [0, 0.05) is 31.7 Å². The molecule has 1 aromatic carbocycles. The van der Waals surface area contributed by atoms with Crippen LogP contribution in [0.3, 0.4) is 0 Å². The summed E-state index contributed by atoms with van der Waals surface area (Å²) < 4.78 is 7.28. The number of aryl methyl sites for hydroxylation is 1. The Morgan fingerprint density at radius 2 is 1.87 bits per heavy atom. The average Bonchev–Trinajstić information content (AvgIpc) is 3.07. The molecule has 164 valence electrons. The van der Waals surface area contributed by atoms with Crippen molar-refractivity contribution >= 4 is 24.4 Å². The van der Waals surface area contributed by atoms with Crippen LogP contribution in [0.4, 0.5) is 4.79 Å². The predicted octanol–water partition coefficient (Wildman–Crippen LogP) is 2.62. The van der Waals surface area contributed by atoms with Crippen LogP contribution in [-0.4, -0.2) is 63.3 Å². The molecule has 0 radical (unpaired) electrons. The number of aromatic nitrogens is 2. The van der Waals surface area contributed by atoms with Crippen LogP contribution in [0.1, 0.15) is 26.5 Å². The highest BCUT2D eigenvalue weighted by Crippen LogP contribution is 2.21. The van der Waals surface area contributed by atoms with E-state index in [1.807, 2.05) is 58.0 Å². The molecule has 0 saturated carbocycles. The molecule has 1 saturated heterocycles. The molecule has 1 aromatic heterocycles. The third-order valence-corrected chi connectivity index (χ3v) is 5.17. The van der Waals surface area contributed by atoms with Crippen molar-refractivity contribution in [2.75, 3.05) is 19.6 Å². The Bertz CT molecular complexity index is 871. The van der Waals surface area contributed by atoms with Crippen LogP contribution in [0.5, 0.6) is 5.88 Å². The first-order valence-electron chi connectivity index (χ1n) is 9.93. The molecule has 1 aliphatic heterocycles. The Kier molecular flexibility index (Phi) is 7.86. The second-order valence-electron chi connectivity index (χ2n) is 7.84. The normalized spacial score (nSPS) is 17.5. The molecule has 0 bridgehead atoms. The maximum Gasteiger partial charge on any atom is 0.416 e. The maximum absolute atomic E-state index is 12.8. The van der Waals surface area contributed by atoms with Crippen molar-refractivity contribution in [3.63, 3.8) is 0 Å². The van der Waals surface area contributed by atoms with E-state index in [0.29, 0.717) is 25.5 Å². The number of benzene rings is 1. The first-order chi connectivity index (χ1) is 13.8. The van der Waals surface area contributed by atoms with E-state index in [1.54, 1.807) is 20.5 Å². The Morgan fingerprint density at radius 1 is 1.20 bits per heavy atom. The fourth-order valence-electron chi connectivity index (χ4n) is 3.38. The highest BCUT2D eigenvalue weighted by molar-refractivity contribution is 5.85. The number of carbonyl (C=O) groups excluding carboxylic acids is 2. The van der Waals surface area contributed by atoms with Gasteiger partial charge in [0.25, 0.3) is 0 Å². The minimum Gasteiger partial charge on any atom is -0.391 e. The molecule has 0 aliphatic carbocycles. The lowest BCUT2D eigenvalue weighted by atomic mass is 10.0. The van der Waals surface area contributed by atoms with Gasteiger partial charge >= 0.3 is 6.09 Å². The fourth-order valence-corrected chi connectivity index (χ4v) is 3.38. The lowest BCUT2D eigenvalue weighted by molar-refractivity contribution is -0.136. The molecule has 0 unspecified atom stereocenters. The Labute approximate surface area is 183 Å². The van der Waals surface area contributed by atoms with Crippen LogP contribution in [0.2, 0.25) is 0 Å². The third-order valence-electron chi connectivity index (χ3n) is 5.17. The Balaban J connectivity index is 0.00000320. The van der Waals surface area contributed by atoms with Gasteiger partial charge in [0.15, 0.2) is 0 Å². The summed E-state index contributed by atoms with van der Waals surface area (Å²) in [6.45, 7) is 8.88. The van der Waals surface area contributed by atoms with E-state index in [0.717, 1.165) is 11.4 Å². The SMILES string of the molecule is Cc1cc(OC(=O)N2CCN(C(=O)[C@@H](N)C(C)C)C[C@H]2C)n(-c2ccccc2)n1.Cl. The number of ether oxygens (including phenoxy) is 1. The van der Waals surface area contributed by atoms with E-state index in [1.165, 1.54) is 0 Å². The van der Waals surface area contributed by atoms with E-state index in [9.17, 15) is 9.59 Å². The van der Waals surface area contributed by atoms with Crippen molar-refractivity contribution in [2.24, 2.45) is 11.7 Å². The minimum absolute atomic E-state index is 0. The van der Waals surface area contributed by atoms with Gasteiger partial charge in [-0.1, -0.05) is 32.0 Å². The van der Waals surface area contributed by atoms with Crippen molar-refractivity contribution < 1.29 is 14.3 Å². The van der Waals surface area contributed by atoms with Crippen molar-refractivity contribution in [1.29, 1.82) is 0 Å². The average molecular weight is 436 g/mol. The van der Waals surface area contributed by atoms with E-state index < -0.39 is 12.1 Å². The Hall–Kier alpha value is -2.58. The van der Waals surface area contributed by atoms with Gasteiger partial charge in [0.05, 0.1) is 17.4 Å². The zero-order valence-electron chi connectivity index (χ0n) is 17.8. The largest absolute Gasteiger partial charge is 0.416 e. The molecular weight excluding hydrogens is 406 g/mol. The van der Waals surface area contributed by atoms with Crippen LogP contribution in [-0.2, 0) is 4.79 Å².